The van der Waals surface area contributed by atoms with Gasteiger partial charge >= 0.3 is 0 Å². The summed E-state index contributed by atoms with van der Waals surface area (Å²) in [4.78, 5) is 17.8. The molecule has 2 heterocycles. The van der Waals surface area contributed by atoms with Crippen LogP contribution >= 0.6 is 15.9 Å². The minimum absolute atomic E-state index is 0.0885. The van der Waals surface area contributed by atoms with Gasteiger partial charge in [0, 0.05) is 38.9 Å². The van der Waals surface area contributed by atoms with Gasteiger partial charge in [0.25, 0.3) is 5.91 Å². The summed E-state index contributed by atoms with van der Waals surface area (Å²) in [5.74, 6) is 0.755. The van der Waals surface area contributed by atoms with Crippen LogP contribution in [0.25, 0.3) is 22.6 Å². The molecule has 0 atom stereocenters. The predicted octanol–water partition coefficient (Wildman–Crippen LogP) is 4.36. The lowest BCUT2D eigenvalue weighted by Crippen LogP contribution is -2.19. The van der Waals surface area contributed by atoms with E-state index < -0.39 is 0 Å². The monoisotopic (exact) mass is 425 g/mol. The summed E-state index contributed by atoms with van der Waals surface area (Å²) in [6, 6.07) is 13.8. The van der Waals surface area contributed by atoms with Crippen molar-refractivity contribution in [3.8, 4) is 5.75 Å². The van der Waals surface area contributed by atoms with Crippen molar-refractivity contribution < 1.29 is 9.53 Å². The van der Waals surface area contributed by atoms with Gasteiger partial charge in [-0.15, -0.1) is 0 Å². The number of carbonyl (C=O) groups is 1. The number of nitrogens with one attached hydrogen (secondary N) is 2. The minimum Gasteiger partial charge on any atom is -0.492 e. The van der Waals surface area contributed by atoms with Crippen LogP contribution in [0.2, 0.25) is 0 Å². The van der Waals surface area contributed by atoms with E-state index in [4.69, 9.17) is 4.74 Å². The number of rotatable bonds is 5. The summed E-state index contributed by atoms with van der Waals surface area (Å²) in [5.41, 5.74) is 4.28. The Hall–Kier alpha value is -2.57. The molecule has 0 fully saturated rings. The maximum absolute atomic E-state index is 12.4. The maximum atomic E-state index is 12.4. The van der Waals surface area contributed by atoms with Crippen LogP contribution < -0.4 is 10.1 Å². The summed E-state index contributed by atoms with van der Waals surface area (Å²) in [6.45, 7) is 1.51. The average Bonchev–Trinajstić information content (AvgIpc) is 3.15. The molecule has 6 heteroatoms. The molecule has 1 aliphatic heterocycles. The molecule has 0 aliphatic carbocycles. The number of carbonyl (C=O) groups excluding carboxylic acids is 1. The van der Waals surface area contributed by atoms with Crippen molar-refractivity contribution in [3.63, 3.8) is 0 Å². The number of hydrogen-bond donors (Lipinski definition) is 2. The minimum atomic E-state index is -0.0885. The predicted molar refractivity (Wildman–Crippen MR) is 113 cm³/mol. The normalized spacial score (nSPS) is 14.8. The zero-order chi connectivity index (χ0) is 19.0. The number of hydrogen-bond acceptors (Lipinski definition) is 3. The van der Waals surface area contributed by atoms with Crippen molar-refractivity contribution in [2.45, 2.75) is 0 Å². The van der Waals surface area contributed by atoms with Crippen molar-refractivity contribution in [3.05, 3.63) is 58.2 Å². The largest absolute Gasteiger partial charge is 0.492 e. The molecule has 0 bridgehead atoms. The van der Waals surface area contributed by atoms with E-state index in [1.54, 1.807) is 0 Å². The Morgan fingerprint density at radius 1 is 1.15 bits per heavy atom. The molecule has 138 valence electrons. The molecule has 0 saturated heterocycles. The lowest BCUT2D eigenvalue weighted by atomic mass is 10.1. The molecule has 0 saturated carbocycles. The van der Waals surface area contributed by atoms with Crippen LogP contribution in [0, 0.1) is 0 Å². The molecule has 3 aromatic rings. The maximum Gasteiger partial charge on any atom is 0.256 e. The average molecular weight is 426 g/mol. The third kappa shape index (κ3) is 3.77. The Balaban J connectivity index is 1.62. The number of aromatic amines is 1. The molecule has 2 N–H and O–H groups in total. The van der Waals surface area contributed by atoms with Crippen LogP contribution in [-0.4, -0.2) is 43.0 Å². The Kier molecular flexibility index (Phi) is 4.76. The standard InChI is InChI=1S/C21H20BrN3O2/c1-25(2)7-8-27-16-4-6-19-13(10-16)9-15(23-19)12-18-17-11-14(22)3-5-20(17)24-21(18)26/h3-6,9-12,23H,7-8H2,1-2H3,(H,24,26)/b18-12-. The van der Waals surface area contributed by atoms with Crippen LogP contribution in [0.5, 0.6) is 5.75 Å². The number of amides is 1. The van der Waals surface area contributed by atoms with Crippen molar-refractivity contribution in [1.82, 2.24) is 9.88 Å². The molecule has 0 radical (unpaired) electrons. The number of halogens is 1. The van der Waals surface area contributed by atoms with Gasteiger partial charge in [-0.05, 0) is 62.6 Å². The Labute approximate surface area is 166 Å². The highest BCUT2D eigenvalue weighted by Crippen LogP contribution is 2.35. The van der Waals surface area contributed by atoms with E-state index in [-0.39, 0.29) is 5.91 Å². The zero-order valence-electron chi connectivity index (χ0n) is 15.2. The zero-order valence-corrected chi connectivity index (χ0v) is 16.8. The fraction of sp³-hybridized carbons (Fsp3) is 0.190. The lowest BCUT2D eigenvalue weighted by molar-refractivity contribution is -0.110. The van der Waals surface area contributed by atoms with Gasteiger partial charge in [-0.2, -0.15) is 0 Å². The van der Waals surface area contributed by atoms with E-state index in [0.29, 0.717) is 12.2 Å². The van der Waals surface area contributed by atoms with E-state index in [9.17, 15) is 4.79 Å². The number of ether oxygens (including phenoxy) is 1. The van der Waals surface area contributed by atoms with Gasteiger partial charge < -0.3 is 19.9 Å². The molecule has 5 nitrogen and oxygen atoms in total. The SMILES string of the molecule is CN(C)CCOc1ccc2[nH]c(/C=C3\C(=O)Nc4ccc(Br)cc43)cc2c1. The first-order chi connectivity index (χ1) is 13.0. The Morgan fingerprint density at radius 3 is 2.81 bits per heavy atom. The first-order valence-electron chi connectivity index (χ1n) is 8.73. The highest BCUT2D eigenvalue weighted by molar-refractivity contribution is 9.10. The number of fused-ring (bicyclic) bond motifs is 2. The van der Waals surface area contributed by atoms with Gasteiger partial charge in [0.15, 0.2) is 0 Å². The third-order valence-corrected chi connectivity index (χ3v) is 4.98. The molecule has 2 aromatic carbocycles. The van der Waals surface area contributed by atoms with Gasteiger partial charge in [0.1, 0.15) is 12.4 Å². The molecule has 1 aliphatic rings. The number of likely N-dealkylation sites (N-methyl/N-ethyl adjacent to an activating group) is 1. The van der Waals surface area contributed by atoms with E-state index in [1.807, 2.05) is 62.6 Å². The van der Waals surface area contributed by atoms with Gasteiger partial charge in [-0.1, -0.05) is 15.9 Å². The second-order valence-electron chi connectivity index (χ2n) is 6.83. The van der Waals surface area contributed by atoms with Crippen molar-refractivity contribution >= 4 is 50.1 Å². The van der Waals surface area contributed by atoms with Gasteiger partial charge in [-0.3, -0.25) is 4.79 Å². The number of benzene rings is 2. The second kappa shape index (κ2) is 7.21. The van der Waals surface area contributed by atoms with Crippen molar-refractivity contribution in [1.29, 1.82) is 0 Å². The van der Waals surface area contributed by atoms with Gasteiger partial charge in [0.2, 0.25) is 0 Å². The van der Waals surface area contributed by atoms with E-state index in [0.717, 1.165) is 44.6 Å². The first kappa shape index (κ1) is 17.8. The smallest absolute Gasteiger partial charge is 0.256 e. The second-order valence-corrected chi connectivity index (χ2v) is 7.74. The topological polar surface area (TPSA) is 57.4 Å². The molecule has 4 rings (SSSR count). The van der Waals surface area contributed by atoms with Crippen LogP contribution in [0.1, 0.15) is 11.3 Å². The van der Waals surface area contributed by atoms with E-state index >= 15 is 0 Å². The van der Waals surface area contributed by atoms with Crippen molar-refractivity contribution in [2.75, 3.05) is 32.6 Å². The van der Waals surface area contributed by atoms with E-state index in [1.165, 1.54) is 0 Å². The summed E-state index contributed by atoms with van der Waals surface area (Å²) in [6.07, 6.45) is 1.89. The molecule has 0 unspecified atom stereocenters. The molecule has 27 heavy (non-hydrogen) atoms. The number of nitrogens with zero attached hydrogens (tertiary/aromatic N) is 1. The van der Waals surface area contributed by atoms with E-state index in [2.05, 4.69) is 31.1 Å². The Morgan fingerprint density at radius 2 is 2.00 bits per heavy atom. The first-order valence-corrected chi connectivity index (χ1v) is 9.52. The summed E-state index contributed by atoms with van der Waals surface area (Å²) >= 11 is 3.47. The van der Waals surface area contributed by atoms with Crippen LogP contribution in [-0.2, 0) is 4.79 Å². The van der Waals surface area contributed by atoms with Crippen LogP contribution in [0.15, 0.2) is 46.9 Å². The van der Waals surface area contributed by atoms with Crippen LogP contribution in [0.3, 0.4) is 0 Å². The van der Waals surface area contributed by atoms with Gasteiger partial charge in [-0.25, -0.2) is 0 Å². The number of anilines is 1. The Bertz CT molecular complexity index is 1050. The highest BCUT2D eigenvalue weighted by atomic mass is 79.9. The summed E-state index contributed by atoms with van der Waals surface area (Å²) in [7, 11) is 4.04. The quantitative estimate of drug-likeness (QED) is 0.596. The third-order valence-electron chi connectivity index (χ3n) is 4.48. The molecule has 1 aromatic heterocycles. The summed E-state index contributed by atoms with van der Waals surface area (Å²) in [5, 5.41) is 3.96. The number of H-pyrrole nitrogens is 1. The molecular formula is C21H20BrN3O2. The fourth-order valence-corrected chi connectivity index (χ4v) is 3.47. The molecular weight excluding hydrogens is 406 g/mol. The van der Waals surface area contributed by atoms with Crippen molar-refractivity contribution in [2.24, 2.45) is 0 Å². The highest BCUT2D eigenvalue weighted by Gasteiger charge is 2.24. The fourth-order valence-electron chi connectivity index (χ4n) is 3.11. The molecule has 0 spiro atoms. The number of aromatic nitrogens is 1. The van der Waals surface area contributed by atoms with Gasteiger partial charge in [0.05, 0.1) is 5.57 Å². The summed E-state index contributed by atoms with van der Waals surface area (Å²) < 4.78 is 6.75. The lowest BCUT2D eigenvalue weighted by Gasteiger charge is -2.10. The molecule has 1 amide bonds. The van der Waals surface area contributed by atoms with Crippen LogP contribution in [0.4, 0.5) is 5.69 Å².